The van der Waals surface area contributed by atoms with Crippen LogP contribution in [-0.4, -0.2) is 21.6 Å². The van der Waals surface area contributed by atoms with E-state index in [1.807, 2.05) is 13.0 Å². The van der Waals surface area contributed by atoms with Crippen LogP contribution in [0.15, 0.2) is 6.07 Å². The van der Waals surface area contributed by atoms with Crippen LogP contribution in [0.2, 0.25) is 0 Å². The molecular weight excluding hydrogens is 226 g/mol. The van der Waals surface area contributed by atoms with Gasteiger partial charge in [-0.05, 0) is 6.92 Å². The topological polar surface area (TPSA) is 46.9 Å². The predicted octanol–water partition coefficient (Wildman–Crippen LogP) is 2.38. The number of carbonyl (C=O) groups is 1. The Kier molecular flexibility index (Phi) is 3.97. The van der Waals surface area contributed by atoms with Gasteiger partial charge in [0, 0.05) is 18.0 Å². The monoisotopic (exact) mass is 243 g/mol. The Balaban J connectivity index is 3.00. The van der Waals surface area contributed by atoms with E-state index in [9.17, 15) is 4.79 Å². The number of alkyl halides is 1. The van der Waals surface area contributed by atoms with Crippen molar-refractivity contribution in [1.82, 2.24) is 9.78 Å². The van der Waals surface area contributed by atoms with E-state index in [2.05, 4.69) is 31.2 Å². The fourth-order valence-corrected chi connectivity index (χ4v) is 1.37. The Morgan fingerprint density at radius 3 is 2.62 bits per heavy atom. The van der Waals surface area contributed by atoms with Crippen LogP contribution < -0.4 is 5.32 Å². The number of nitrogens with one attached hydrogen (secondary N) is 1. The maximum atomic E-state index is 11.2. The summed E-state index contributed by atoms with van der Waals surface area (Å²) in [5.74, 6) is 0.453. The molecule has 1 amide bonds. The number of hydrogen-bond acceptors (Lipinski definition) is 2. The molecule has 16 heavy (non-hydrogen) atoms. The molecule has 0 atom stereocenters. The number of aromatic nitrogens is 2. The summed E-state index contributed by atoms with van der Waals surface area (Å²) in [7, 11) is 0. The summed E-state index contributed by atoms with van der Waals surface area (Å²) in [5.41, 5.74) is 0.931. The van der Waals surface area contributed by atoms with Gasteiger partial charge in [-0.3, -0.25) is 4.79 Å². The fraction of sp³-hybridized carbons (Fsp3) is 0.636. The van der Waals surface area contributed by atoms with Gasteiger partial charge in [-0.25, -0.2) is 4.68 Å². The van der Waals surface area contributed by atoms with Crippen LogP contribution in [0.3, 0.4) is 0 Å². The summed E-state index contributed by atoms with van der Waals surface area (Å²) >= 11 is 5.45. The van der Waals surface area contributed by atoms with E-state index >= 15 is 0 Å². The molecule has 0 saturated heterocycles. The third kappa shape index (κ3) is 2.98. The van der Waals surface area contributed by atoms with Crippen molar-refractivity contribution in [2.75, 3.05) is 11.2 Å². The number of anilines is 1. The highest BCUT2D eigenvalue weighted by Gasteiger charge is 2.20. The molecule has 0 aromatic carbocycles. The van der Waals surface area contributed by atoms with Crippen molar-refractivity contribution in [3.8, 4) is 0 Å². The van der Waals surface area contributed by atoms with E-state index in [0.29, 0.717) is 12.4 Å². The maximum Gasteiger partial charge on any atom is 0.240 e. The highest BCUT2D eigenvalue weighted by atomic mass is 35.5. The van der Waals surface area contributed by atoms with Crippen LogP contribution >= 0.6 is 11.6 Å². The van der Waals surface area contributed by atoms with Gasteiger partial charge < -0.3 is 5.32 Å². The Morgan fingerprint density at radius 1 is 1.56 bits per heavy atom. The molecule has 0 aliphatic carbocycles. The normalized spacial score (nSPS) is 11.6. The minimum absolute atomic E-state index is 0.0269. The van der Waals surface area contributed by atoms with Gasteiger partial charge in [0.1, 0.15) is 11.7 Å². The lowest BCUT2D eigenvalue weighted by atomic mass is 9.92. The lowest BCUT2D eigenvalue weighted by molar-refractivity contribution is -0.114. The molecule has 0 aliphatic heterocycles. The van der Waals surface area contributed by atoms with Crippen molar-refractivity contribution in [1.29, 1.82) is 0 Å². The number of carbonyl (C=O) groups excluding carboxylic acids is 1. The van der Waals surface area contributed by atoms with E-state index < -0.39 is 0 Å². The number of nitrogens with zero attached hydrogens (tertiary/aromatic N) is 2. The van der Waals surface area contributed by atoms with Crippen LogP contribution in [0.1, 0.15) is 33.4 Å². The molecule has 0 bridgehead atoms. The molecule has 5 heteroatoms. The van der Waals surface area contributed by atoms with Gasteiger partial charge in [0.05, 0.1) is 5.69 Å². The van der Waals surface area contributed by atoms with Crippen molar-refractivity contribution in [3.63, 3.8) is 0 Å². The van der Waals surface area contributed by atoms with Gasteiger partial charge >= 0.3 is 0 Å². The number of aryl methyl sites for hydroxylation is 1. The van der Waals surface area contributed by atoms with Gasteiger partial charge in [0.2, 0.25) is 5.91 Å². The largest absolute Gasteiger partial charge is 0.310 e. The molecule has 0 saturated carbocycles. The fourth-order valence-electron chi connectivity index (χ4n) is 1.30. The molecule has 1 aromatic rings. The van der Waals surface area contributed by atoms with Gasteiger partial charge in [-0.15, -0.1) is 11.6 Å². The first-order valence-corrected chi connectivity index (χ1v) is 5.86. The summed E-state index contributed by atoms with van der Waals surface area (Å²) in [6.45, 7) is 8.96. The second kappa shape index (κ2) is 4.87. The van der Waals surface area contributed by atoms with E-state index in [1.165, 1.54) is 0 Å². The molecule has 0 spiro atoms. The van der Waals surface area contributed by atoms with Gasteiger partial charge in [0.15, 0.2) is 0 Å². The molecule has 4 nitrogen and oxygen atoms in total. The molecule has 1 rings (SSSR count). The number of halogens is 1. The average molecular weight is 244 g/mol. The third-order valence-electron chi connectivity index (χ3n) is 2.24. The van der Waals surface area contributed by atoms with Crippen molar-refractivity contribution in [2.45, 2.75) is 39.7 Å². The molecule has 0 fully saturated rings. The maximum absolute atomic E-state index is 11.2. The third-order valence-corrected chi connectivity index (χ3v) is 2.48. The molecule has 0 radical (unpaired) electrons. The molecule has 1 N–H and O–H groups in total. The Hall–Kier alpha value is -1.03. The average Bonchev–Trinajstić information content (AvgIpc) is 2.60. The summed E-state index contributed by atoms with van der Waals surface area (Å²) in [4.78, 5) is 11.2. The zero-order valence-corrected chi connectivity index (χ0v) is 10.9. The SMILES string of the molecule is CCn1nc(C(C)(C)C)cc1NC(=O)CCl. The molecule has 1 aromatic heterocycles. The second-order valence-corrected chi connectivity index (χ2v) is 4.93. The summed E-state index contributed by atoms with van der Waals surface area (Å²) in [6, 6.07) is 1.90. The molecule has 90 valence electrons. The Labute approximate surface area is 101 Å². The van der Waals surface area contributed by atoms with Crippen LogP contribution in [0.4, 0.5) is 5.82 Å². The lowest BCUT2D eigenvalue weighted by Crippen LogP contribution is -2.16. The molecule has 0 unspecified atom stereocenters. The minimum Gasteiger partial charge on any atom is -0.310 e. The zero-order chi connectivity index (χ0) is 12.3. The van der Waals surface area contributed by atoms with Crippen LogP contribution in [0.25, 0.3) is 0 Å². The first-order valence-electron chi connectivity index (χ1n) is 5.32. The number of amides is 1. The first kappa shape index (κ1) is 13.0. The predicted molar refractivity (Wildman–Crippen MR) is 66.0 cm³/mol. The van der Waals surface area contributed by atoms with Gasteiger partial charge in [-0.1, -0.05) is 20.8 Å². The Morgan fingerprint density at radius 2 is 2.19 bits per heavy atom. The van der Waals surface area contributed by atoms with Crippen LogP contribution in [0, 0.1) is 0 Å². The summed E-state index contributed by atoms with van der Waals surface area (Å²) in [6.07, 6.45) is 0. The smallest absolute Gasteiger partial charge is 0.240 e. The van der Waals surface area contributed by atoms with E-state index in [4.69, 9.17) is 11.6 Å². The molecule has 1 heterocycles. The lowest BCUT2D eigenvalue weighted by Gasteiger charge is -2.13. The highest BCUT2D eigenvalue weighted by molar-refractivity contribution is 6.29. The standard InChI is InChI=1S/C11H18ClN3O/c1-5-15-9(13-10(16)7-12)6-8(14-15)11(2,3)4/h6H,5,7H2,1-4H3,(H,13,16). The molecular formula is C11H18ClN3O. The van der Waals surface area contributed by atoms with Crippen molar-refractivity contribution >= 4 is 23.3 Å². The number of rotatable bonds is 3. The minimum atomic E-state index is -0.211. The van der Waals surface area contributed by atoms with Crippen LogP contribution in [-0.2, 0) is 16.8 Å². The first-order chi connectivity index (χ1) is 7.38. The van der Waals surface area contributed by atoms with Gasteiger partial charge in [0.25, 0.3) is 0 Å². The summed E-state index contributed by atoms with van der Waals surface area (Å²) in [5, 5.41) is 7.18. The van der Waals surface area contributed by atoms with Crippen molar-refractivity contribution in [3.05, 3.63) is 11.8 Å². The second-order valence-electron chi connectivity index (χ2n) is 4.66. The van der Waals surface area contributed by atoms with Gasteiger partial charge in [-0.2, -0.15) is 5.10 Å². The molecule has 0 aliphatic rings. The number of hydrogen-bond donors (Lipinski definition) is 1. The van der Waals surface area contributed by atoms with E-state index in [0.717, 1.165) is 5.69 Å². The van der Waals surface area contributed by atoms with Crippen LogP contribution in [0.5, 0.6) is 0 Å². The van der Waals surface area contributed by atoms with Crippen molar-refractivity contribution in [2.24, 2.45) is 0 Å². The Bertz CT molecular complexity index is 379. The highest BCUT2D eigenvalue weighted by Crippen LogP contribution is 2.23. The summed E-state index contributed by atoms with van der Waals surface area (Å²) < 4.78 is 1.77. The van der Waals surface area contributed by atoms with E-state index in [1.54, 1.807) is 4.68 Å². The van der Waals surface area contributed by atoms with Crippen molar-refractivity contribution < 1.29 is 4.79 Å². The zero-order valence-electron chi connectivity index (χ0n) is 10.2. The van der Waals surface area contributed by atoms with E-state index in [-0.39, 0.29) is 17.2 Å². The quantitative estimate of drug-likeness (QED) is 0.829.